The topological polar surface area (TPSA) is 108 Å². The van der Waals surface area contributed by atoms with Crippen molar-refractivity contribution >= 4 is 21.6 Å². The molecule has 1 heterocycles. The number of hydrogen-bond acceptors (Lipinski definition) is 7. The van der Waals surface area contributed by atoms with Gasteiger partial charge < -0.3 is 9.47 Å². The minimum absolute atomic E-state index is 0.132. The zero-order valence-electron chi connectivity index (χ0n) is 19.3. The second kappa shape index (κ2) is 10.5. The Morgan fingerprint density at radius 1 is 1.12 bits per heavy atom. The van der Waals surface area contributed by atoms with E-state index in [1.807, 2.05) is 49.9 Å². The highest BCUT2D eigenvalue weighted by Crippen LogP contribution is 2.27. The van der Waals surface area contributed by atoms with E-state index in [0.717, 1.165) is 16.1 Å². The SMILES string of the molecule is Cc1ccc(Oc2ccc(N(C[C@@H](C(=O)NO)N3CC(C)O[C@H](C)C3)S(C)(=O)=O)cc2)cc1. The predicted octanol–water partition coefficient (Wildman–Crippen LogP) is 2.54. The molecule has 1 fully saturated rings. The van der Waals surface area contributed by atoms with Crippen LogP contribution in [0.25, 0.3) is 0 Å². The van der Waals surface area contributed by atoms with Gasteiger partial charge in [0, 0.05) is 13.1 Å². The van der Waals surface area contributed by atoms with E-state index in [2.05, 4.69) is 0 Å². The van der Waals surface area contributed by atoms with Gasteiger partial charge in [0.25, 0.3) is 5.91 Å². The lowest BCUT2D eigenvalue weighted by atomic mass is 10.1. The van der Waals surface area contributed by atoms with Crippen molar-refractivity contribution in [1.82, 2.24) is 10.4 Å². The zero-order chi connectivity index (χ0) is 24.2. The van der Waals surface area contributed by atoms with Gasteiger partial charge in [0.2, 0.25) is 10.0 Å². The van der Waals surface area contributed by atoms with Crippen LogP contribution in [0.4, 0.5) is 5.69 Å². The van der Waals surface area contributed by atoms with E-state index >= 15 is 0 Å². The van der Waals surface area contributed by atoms with Crippen LogP contribution in [-0.2, 0) is 19.6 Å². The number of anilines is 1. The van der Waals surface area contributed by atoms with Crippen molar-refractivity contribution in [2.45, 2.75) is 39.0 Å². The van der Waals surface area contributed by atoms with Gasteiger partial charge >= 0.3 is 0 Å². The molecule has 2 N–H and O–H groups in total. The Hall–Kier alpha value is -2.66. The lowest BCUT2D eigenvalue weighted by molar-refractivity contribution is -0.140. The van der Waals surface area contributed by atoms with Crippen LogP contribution in [0, 0.1) is 6.92 Å². The fourth-order valence-corrected chi connectivity index (χ4v) is 4.84. The molecule has 1 saturated heterocycles. The minimum Gasteiger partial charge on any atom is -0.457 e. The van der Waals surface area contributed by atoms with Crippen LogP contribution in [0.3, 0.4) is 0 Å². The molecule has 2 aromatic rings. The van der Waals surface area contributed by atoms with Crippen LogP contribution in [0.15, 0.2) is 48.5 Å². The number of amides is 1. The summed E-state index contributed by atoms with van der Waals surface area (Å²) >= 11 is 0. The standard InChI is InChI=1S/C23H31N3O6S/c1-16-5-9-20(10-6-16)32-21-11-7-19(8-12-21)26(33(4,29)30)15-22(23(27)24-28)25-13-17(2)31-18(3)14-25/h5-12,17-18,22,28H,13-15H2,1-4H3,(H,24,27)/t17-,18?,22+/m1/s1. The summed E-state index contributed by atoms with van der Waals surface area (Å²) in [6, 6.07) is 13.3. The molecule has 3 rings (SSSR count). The van der Waals surface area contributed by atoms with Gasteiger partial charge in [-0.3, -0.25) is 19.2 Å². The van der Waals surface area contributed by atoms with Crippen LogP contribution in [0.1, 0.15) is 19.4 Å². The Morgan fingerprint density at radius 2 is 1.64 bits per heavy atom. The fourth-order valence-electron chi connectivity index (χ4n) is 3.92. The first-order valence-electron chi connectivity index (χ1n) is 10.7. The van der Waals surface area contributed by atoms with E-state index < -0.39 is 22.0 Å². The fraction of sp³-hybridized carbons (Fsp3) is 0.435. The Labute approximate surface area is 194 Å². The third-order valence-corrected chi connectivity index (χ3v) is 6.58. The van der Waals surface area contributed by atoms with Gasteiger partial charge in [-0.15, -0.1) is 0 Å². The Kier molecular flexibility index (Phi) is 7.96. The molecule has 1 aliphatic rings. The molecular weight excluding hydrogens is 446 g/mol. The minimum atomic E-state index is -3.72. The summed E-state index contributed by atoms with van der Waals surface area (Å²) in [4.78, 5) is 14.3. The van der Waals surface area contributed by atoms with Crippen molar-refractivity contribution < 1.29 is 27.9 Å². The first kappa shape index (κ1) is 25.0. The lowest BCUT2D eigenvalue weighted by Gasteiger charge is -2.40. The molecule has 1 aliphatic heterocycles. The van der Waals surface area contributed by atoms with Gasteiger partial charge in [0.1, 0.15) is 17.5 Å². The van der Waals surface area contributed by atoms with Crippen molar-refractivity contribution in [3.8, 4) is 11.5 Å². The number of ether oxygens (including phenoxy) is 2. The molecular formula is C23H31N3O6S. The predicted molar refractivity (Wildman–Crippen MR) is 125 cm³/mol. The molecule has 1 unspecified atom stereocenters. The van der Waals surface area contributed by atoms with Crippen LogP contribution >= 0.6 is 0 Å². The Balaban J connectivity index is 1.83. The molecule has 10 heteroatoms. The molecule has 0 aromatic heterocycles. The van der Waals surface area contributed by atoms with Crippen molar-refractivity contribution in [2.75, 3.05) is 30.2 Å². The number of nitrogens with zero attached hydrogens (tertiary/aromatic N) is 2. The number of carbonyl (C=O) groups excluding carboxylic acids is 1. The van der Waals surface area contributed by atoms with Crippen molar-refractivity contribution in [3.05, 3.63) is 54.1 Å². The number of aryl methyl sites for hydroxylation is 1. The number of hydrogen-bond donors (Lipinski definition) is 2. The quantitative estimate of drug-likeness (QED) is 0.444. The summed E-state index contributed by atoms with van der Waals surface area (Å²) in [6.45, 7) is 6.46. The van der Waals surface area contributed by atoms with Gasteiger partial charge in [-0.1, -0.05) is 17.7 Å². The monoisotopic (exact) mass is 477 g/mol. The second-order valence-electron chi connectivity index (χ2n) is 8.41. The summed E-state index contributed by atoms with van der Waals surface area (Å²) in [6.07, 6.45) is 0.822. The summed E-state index contributed by atoms with van der Waals surface area (Å²) < 4.78 is 38.0. The average Bonchev–Trinajstić information content (AvgIpc) is 2.75. The summed E-state index contributed by atoms with van der Waals surface area (Å²) in [5.41, 5.74) is 3.18. The first-order chi connectivity index (χ1) is 15.6. The Morgan fingerprint density at radius 3 is 2.12 bits per heavy atom. The first-order valence-corrected chi connectivity index (χ1v) is 12.6. The molecule has 9 nitrogen and oxygen atoms in total. The molecule has 2 aromatic carbocycles. The Bertz CT molecular complexity index is 1030. The maximum Gasteiger partial charge on any atom is 0.262 e. The van der Waals surface area contributed by atoms with Crippen molar-refractivity contribution in [1.29, 1.82) is 0 Å². The molecule has 1 amide bonds. The molecule has 33 heavy (non-hydrogen) atoms. The number of carbonyl (C=O) groups is 1. The van der Waals surface area contributed by atoms with Gasteiger partial charge in [-0.25, -0.2) is 13.9 Å². The van der Waals surface area contributed by atoms with Crippen molar-refractivity contribution in [3.63, 3.8) is 0 Å². The summed E-state index contributed by atoms with van der Waals surface area (Å²) in [5.74, 6) is 0.546. The van der Waals surface area contributed by atoms with Crippen LogP contribution in [0.5, 0.6) is 11.5 Å². The van der Waals surface area contributed by atoms with E-state index in [1.165, 1.54) is 0 Å². The lowest BCUT2D eigenvalue weighted by Crippen LogP contribution is -2.58. The second-order valence-corrected chi connectivity index (χ2v) is 10.3. The molecule has 0 saturated carbocycles. The van der Waals surface area contributed by atoms with E-state index in [0.29, 0.717) is 30.3 Å². The molecule has 0 radical (unpaired) electrons. The van der Waals surface area contributed by atoms with Gasteiger partial charge in [-0.05, 0) is 57.2 Å². The van der Waals surface area contributed by atoms with Crippen LogP contribution < -0.4 is 14.5 Å². The maximum atomic E-state index is 12.7. The van der Waals surface area contributed by atoms with E-state index in [1.54, 1.807) is 29.7 Å². The highest BCUT2D eigenvalue weighted by atomic mass is 32.2. The van der Waals surface area contributed by atoms with Gasteiger partial charge in [0.15, 0.2) is 0 Å². The van der Waals surface area contributed by atoms with E-state index in [4.69, 9.17) is 9.47 Å². The largest absolute Gasteiger partial charge is 0.457 e. The molecule has 180 valence electrons. The number of sulfonamides is 1. The molecule has 0 spiro atoms. The third-order valence-electron chi connectivity index (χ3n) is 5.42. The van der Waals surface area contributed by atoms with E-state index in [-0.39, 0.29) is 18.8 Å². The molecule has 3 atom stereocenters. The van der Waals surface area contributed by atoms with Crippen molar-refractivity contribution in [2.24, 2.45) is 0 Å². The van der Waals surface area contributed by atoms with Gasteiger partial charge in [0.05, 0.1) is 30.7 Å². The molecule has 0 bridgehead atoms. The highest BCUT2D eigenvalue weighted by molar-refractivity contribution is 7.92. The number of nitrogens with one attached hydrogen (secondary N) is 1. The average molecular weight is 478 g/mol. The number of benzene rings is 2. The smallest absolute Gasteiger partial charge is 0.262 e. The normalized spacial score (nSPS) is 20.2. The van der Waals surface area contributed by atoms with Gasteiger partial charge in [-0.2, -0.15) is 0 Å². The zero-order valence-corrected chi connectivity index (χ0v) is 20.1. The number of rotatable bonds is 8. The molecule has 0 aliphatic carbocycles. The van der Waals surface area contributed by atoms with Crippen LogP contribution in [0.2, 0.25) is 0 Å². The number of hydroxylamine groups is 1. The summed E-state index contributed by atoms with van der Waals surface area (Å²) in [7, 11) is -3.72. The third kappa shape index (κ3) is 6.67. The highest BCUT2D eigenvalue weighted by Gasteiger charge is 2.35. The van der Waals surface area contributed by atoms with E-state index in [9.17, 15) is 18.4 Å². The maximum absolute atomic E-state index is 12.7. The van der Waals surface area contributed by atoms with Crippen LogP contribution in [-0.4, -0.2) is 68.6 Å². The summed E-state index contributed by atoms with van der Waals surface area (Å²) in [5, 5.41) is 9.31. The number of morpholine rings is 1.